The van der Waals surface area contributed by atoms with Crippen molar-refractivity contribution in [2.24, 2.45) is 0 Å². The van der Waals surface area contributed by atoms with Crippen molar-refractivity contribution in [2.75, 3.05) is 0 Å². The van der Waals surface area contributed by atoms with Crippen molar-refractivity contribution < 1.29 is 9.84 Å². The SMILES string of the molecule is CC(C)=C(C)C(C)(C)c1ccc(O)c(OC(C)(C)C)c1. The molecule has 0 aliphatic carbocycles. The number of hydrogen-bond donors (Lipinski definition) is 1. The summed E-state index contributed by atoms with van der Waals surface area (Å²) < 4.78 is 5.84. The summed E-state index contributed by atoms with van der Waals surface area (Å²) in [7, 11) is 0. The molecule has 0 aliphatic heterocycles. The van der Waals surface area contributed by atoms with Gasteiger partial charge in [0.05, 0.1) is 0 Å². The third-order valence-corrected chi connectivity index (χ3v) is 3.79. The normalized spacial score (nSPS) is 12.2. The van der Waals surface area contributed by atoms with Gasteiger partial charge in [0.2, 0.25) is 0 Å². The molecule has 0 aliphatic rings. The largest absolute Gasteiger partial charge is 0.504 e. The lowest BCUT2D eigenvalue weighted by atomic mass is 9.76. The minimum absolute atomic E-state index is 0.0808. The van der Waals surface area contributed by atoms with Crippen LogP contribution in [0.4, 0.5) is 0 Å². The van der Waals surface area contributed by atoms with E-state index < -0.39 is 0 Å². The van der Waals surface area contributed by atoms with Gasteiger partial charge in [0, 0.05) is 5.41 Å². The molecular weight excluding hydrogens is 248 g/mol. The molecule has 20 heavy (non-hydrogen) atoms. The summed E-state index contributed by atoms with van der Waals surface area (Å²) >= 11 is 0. The lowest BCUT2D eigenvalue weighted by Crippen LogP contribution is -2.24. The number of hydrogen-bond acceptors (Lipinski definition) is 2. The molecule has 1 N–H and O–H groups in total. The van der Waals surface area contributed by atoms with Crippen molar-refractivity contribution in [3.05, 3.63) is 34.9 Å². The topological polar surface area (TPSA) is 29.5 Å². The molecule has 1 aromatic carbocycles. The van der Waals surface area contributed by atoms with Gasteiger partial charge in [-0.1, -0.05) is 31.1 Å². The predicted molar refractivity (Wildman–Crippen MR) is 85.6 cm³/mol. The van der Waals surface area contributed by atoms with E-state index in [-0.39, 0.29) is 16.8 Å². The number of rotatable bonds is 3. The van der Waals surface area contributed by atoms with Crippen molar-refractivity contribution in [3.8, 4) is 11.5 Å². The first-order valence-corrected chi connectivity index (χ1v) is 7.12. The summed E-state index contributed by atoms with van der Waals surface area (Å²) in [5.41, 5.74) is 3.40. The second-order valence-electron chi connectivity index (χ2n) is 7.15. The molecule has 0 radical (unpaired) electrons. The van der Waals surface area contributed by atoms with Crippen molar-refractivity contribution in [3.63, 3.8) is 0 Å². The summed E-state index contributed by atoms with van der Waals surface area (Å²) in [6, 6.07) is 5.64. The molecule has 0 spiro atoms. The van der Waals surface area contributed by atoms with Gasteiger partial charge in [-0.25, -0.2) is 0 Å². The molecule has 0 amide bonds. The highest BCUT2D eigenvalue weighted by molar-refractivity contribution is 5.47. The summed E-state index contributed by atoms with van der Waals surface area (Å²) in [5, 5.41) is 9.97. The zero-order valence-corrected chi connectivity index (χ0v) is 14.1. The molecule has 1 rings (SSSR count). The summed E-state index contributed by atoms with van der Waals surface area (Å²) in [4.78, 5) is 0. The van der Waals surface area contributed by atoms with Crippen LogP contribution < -0.4 is 4.74 Å². The van der Waals surface area contributed by atoms with Gasteiger partial charge in [-0.05, 0) is 59.2 Å². The van der Waals surface area contributed by atoms with Crippen LogP contribution in [0.3, 0.4) is 0 Å². The molecule has 2 heteroatoms. The monoisotopic (exact) mass is 276 g/mol. The van der Waals surface area contributed by atoms with Gasteiger partial charge in [-0.2, -0.15) is 0 Å². The Morgan fingerprint density at radius 1 is 1.00 bits per heavy atom. The van der Waals surface area contributed by atoms with Gasteiger partial charge in [-0.15, -0.1) is 0 Å². The van der Waals surface area contributed by atoms with Gasteiger partial charge < -0.3 is 9.84 Å². The minimum atomic E-state index is -0.328. The highest BCUT2D eigenvalue weighted by atomic mass is 16.5. The second kappa shape index (κ2) is 5.51. The molecule has 0 aromatic heterocycles. The molecular formula is C18H28O2. The van der Waals surface area contributed by atoms with E-state index in [0.717, 1.165) is 5.56 Å². The number of phenols is 1. The van der Waals surface area contributed by atoms with Gasteiger partial charge in [-0.3, -0.25) is 0 Å². The van der Waals surface area contributed by atoms with Crippen molar-refractivity contribution in [1.82, 2.24) is 0 Å². The average Bonchev–Trinajstić information content (AvgIpc) is 2.28. The molecule has 2 nitrogen and oxygen atoms in total. The molecule has 0 bridgehead atoms. The van der Waals surface area contributed by atoms with Crippen LogP contribution >= 0.6 is 0 Å². The fourth-order valence-corrected chi connectivity index (χ4v) is 2.16. The molecule has 0 unspecified atom stereocenters. The van der Waals surface area contributed by atoms with Crippen LogP contribution in [-0.2, 0) is 5.41 Å². The number of phenolic OH excluding ortho intramolecular Hbond substituents is 1. The molecule has 0 saturated heterocycles. The fraction of sp³-hybridized carbons (Fsp3) is 0.556. The Hall–Kier alpha value is -1.44. The third-order valence-electron chi connectivity index (χ3n) is 3.79. The van der Waals surface area contributed by atoms with Crippen LogP contribution in [0.25, 0.3) is 0 Å². The van der Waals surface area contributed by atoms with Gasteiger partial charge in [0.1, 0.15) is 5.60 Å². The standard InChI is InChI=1S/C18H28O2/c1-12(2)13(3)18(7,8)14-9-10-15(19)16(11-14)20-17(4,5)6/h9-11,19H,1-8H3. The Kier molecular flexibility index (Phi) is 4.58. The lowest BCUT2D eigenvalue weighted by molar-refractivity contribution is 0.125. The van der Waals surface area contributed by atoms with Crippen LogP contribution in [0, 0.1) is 0 Å². The maximum absolute atomic E-state index is 9.97. The second-order valence-corrected chi connectivity index (χ2v) is 7.15. The zero-order valence-electron chi connectivity index (χ0n) is 14.1. The van der Waals surface area contributed by atoms with Crippen molar-refractivity contribution in [1.29, 1.82) is 0 Å². The molecule has 0 fully saturated rings. The Labute approximate surface area is 123 Å². The average molecular weight is 276 g/mol. The van der Waals surface area contributed by atoms with Crippen LogP contribution in [0.5, 0.6) is 11.5 Å². The summed E-state index contributed by atoms with van der Waals surface area (Å²) in [6.07, 6.45) is 0. The maximum Gasteiger partial charge on any atom is 0.162 e. The predicted octanol–water partition coefficient (Wildman–Crippen LogP) is 5.20. The fourth-order valence-electron chi connectivity index (χ4n) is 2.16. The molecule has 1 aromatic rings. The molecule has 112 valence electrons. The van der Waals surface area contributed by atoms with Crippen LogP contribution in [0.1, 0.15) is 61.0 Å². The molecule has 0 atom stereocenters. The molecule has 0 saturated carbocycles. The Bertz CT molecular complexity index is 513. The van der Waals surface area contributed by atoms with Gasteiger partial charge in [0.25, 0.3) is 0 Å². The highest BCUT2D eigenvalue weighted by Gasteiger charge is 2.25. The Morgan fingerprint density at radius 3 is 2.00 bits per heavy atom. The number of allylic oxidation sites excluding steroid dienone is 2. The summed E-state index contributed by atoms with van der Waals surface area (Å²) in [5.74, 6) is 0.735. The number of benzene rings is 1. The van der Waals surface area contributed by atoms with Gasteiger partial charge >= 0.3 is 0 Å². The zero-order chi connectivity index (χ0) is 15.7. The van der Waals surface area contributed by atoms with Gasteiger partial charge in [0.15, 0.2) is 11.5 Å². The molecule has 0 heterocycles. The number of aromatic hydroxyl groups is 1. The van der Waals surface area contributed by atoms with E-state index in [9.17, 15) is 5.11 Å². The van der Waals surface area contributed by atoms with Crippen molar-refractivity contribution in [2.45, 2.75) is 66.4 Å². The van der Waals surface area contributed by atoms with E-state index in [1.807, 2.05) is 32.9 Å². The van der Waals surface area contributed by atoms with E-state index in [0.29, 0.717) is 5.75 Å². The van der Waals surface area contributed by atoms with E-state index in [2.05, 4.69) is 34.6 Å². The first-order valence-electron chi connectivity index (χ1n) is 7.12. The lowest BCUT2D eigenvalue weighted by Gasteiger charge is -2.30. The number of ether oxygens (including phenoxy) is 1. The van der Waals surface area contributed by atoms with Crippen LogP contribution in [0.2, 0.25) is 0 Å². The summed E-state index contributed by atoms with van der Waals surface area (Å²) in [6.45, 7) is 16.7. The van der Waals surface area contributed by atoms with Crippen LogP contribution in [0.15, 0.2) is 29.3 Å². The third kappa shape index (κ3) is 3.78. The van der Waals surface area contributed by atoms with E-state index in [1.165, 1.54) is 11.1 Å². The minimum Gasteiger partial charge on any atom is -0.504 e. The van der Waals surface area contributed by atoms with E-state index in [4.69, 9.17) is 4.74 Å². The smallest absolute Gasteiger partial charge is 0.162 e. The quantitative estimate of drug-likeness (QED) is 0.768. The highest BCUT2D eigenvalue weighted by Crippen LogP contribution is 2.38. The Morgan fingerprint density at radius 2 is 1.55 bits per heavy atom. The maximum atomic E-state index is 9.97. The van der Waals surface area contributed by atoms with Crippen LogP contribution in [-0.4, -0.2) is 10.7 Å². The van der Waals surface area contributed by atoms with Crippen molar-refractivity contribution >= 4 is 0 Å². The van der Waals surface area contributed by atoms with E-state index in [1.54, 1.807) is 6.07 Å². The van der Waals surface area contributed by atoms with E-state index >= 15 is 0 Å². The first-order chi connectivity index (χ1) is 8.95. The Balaban J connectivity index is 3.29. The first kappa shape index (κ1) is 16.6.